The van der Waals surface area contributed by atoms with Gasteiger partial charge in [-0.05, 0) is 43.5 Å². The van der Waals surface area contributed by atoms with Crippen LogP contribution in [0.2, 0.25) is 5.28 Å². The summed E-state index contributed by atoms with van der Waals surface area (Å²) in [4.78, 5) is 9.77. The number of nitrogens with zero attached hydrogens (tertiary/aromatic N) is 3. The molecule has 1 aliphatic rings. The fourth-order valence-electron chi connectivity index (χ4n) is 2.25. The Balaban J connectivity index is 1.86. The van der Waals surface area contributed by atoms with Crippen molar-refractivity contribution < 1.29 is 8.42 Å². The minimum absolute atomic E-state index is 0.0337. The number of nitrogens with one attached hydrogen (secondary N) is 1. The van der Waals surface area contributed by atoms with E-state index in [9.17, 15) is 8.42 Å². The van der Waals surface area contributed by atoms with Crippen LogP contribution in [0.3, 0.4) is 0 Å². The Hall–Kier alpha value is -0.760. The minimum Gasteiger partial charge on any atom is -0.303 e. The highest BCUT2D eigenvalue weighted by atomic mass is 35.5. The Morgan fingerprint density at radius 3 is 2.55 bits per heavy atom. The summed E-state index contributed by atoms with van der Waals surface area (Å²) in [5, 5.41) is 0.0337. The second-order valence-electron chi connectivity index (χ2n) is 5.15. The SMILES string of the molecule is CC(CNS(=O)(=O)c1cnc(Cl)nc1)CN1CCCC1. The molecule has 0 amide bonds. The molecular weight excluding hydrogens is 300 g/mol. The average Bonchev–Trinajstić information content (AvgIpc) is 2.90. The lowest BCUT2D eigenvalue weighted by Crippen LogP contribution is -2.34. The molecule has 0 saturated carbocycles. The number of halogens is 1. The zero-order chi connectivity index (χ0) is 14.6. The lowest BCUT2D eigenvalue weighted by Gasteiger charge is -2.20. The summed E-state index contributed by atoms with van der Waals surface area (Å²) < 4.78 is 26.7. The largest absolute Gasteiger partial charge is 0.303 e. The molecule has 1 saturated heterocycles. The molecule has 2 heterocycles. The molecule has 1 aromatic heterocycles. The van der Waals surface area contributed by atoms with Crippen molar-refractivity contribution in [3.63, 3.8) is 0 Å². The summed E-state index contributed by atoms with van der Waals surface area (Å²) in [7, 11) is -3.56. The van der Waals surface area contributed by atoms with Gasteiger partial charge >= 0.3 is 0 Å². The summed E-state index contributed by atoms with van der Waals surface area (Å²) in [6.45, 7) is 5.59. The lowest BCUT2D eigenvalue weighted by atomic mass is 10.2. The van der Waals surface area contributed by atoms with Gasteiger partial charge in [-0.15, -0.1) is 0 Å². The molecule has 1 aliphatic heterocycles. The van der Waals surface area contributed by atoms with Crippen LogP contribution in [0.15, 0.2) is 17.3 Å². The molecule has 0 aromatic carbocycles. The maximum Gasteiger partial charge on any atom is 0.243 e. The van der Waals surface area contributed by atoms with Crippen molar-refractivity contribution in [3.8, 4) is 0 Å². The predicted octanol–water partition coefficient (Wildman–Crippen LogP) is 1.14. The number of rotatable bonds is 6. The Kier molecular flexibility index (Phi) is 5.31. The molecule has 0 bridgehead atoms. The molecule has 0 aliphatic carbocycles. The third-order valence-electron chi connectivity index (χ3n) is 3.30. The van der Waals surface area contributed by atoms with E-state index in [-0.39, 0.29) is 16.1 Å². The first-order valence-electron chi connectivity index (χ1n) is 6.67. The smallest absolute Gasteiger partial charge is 0.243 e. The summed E-state index contributed by atoms with van der Waals surface area (Å²) in [6, 6.07) is 0. The van der Waals surface area contributed by atoms with E-state index >= 15 is 0 Å². The van der Waals surface area contributed by atoms with Crippen LogP contribution < -0.4 is 4.72 Å². The number of hydrogen-bond donors (Lipinski definition) is 1. The fraction of sp³-hybridized carbons (Fsp3) is 0.667. The van der Waals surface area contributed by atoms with Crippen molar-refractivity contribution in [2.24, 2.45) is 5.92 Å². The van der Waals surface area contributed by atoms with E-state index in [0.717, 1.165) is 19.6 Å². The van der Waals surface area contributed by atoms with Crippen LogP contribution in [0, 0.1) is 5.92 Å². The second-order valence-corrected chi connectivity index (χ2v) is 7.26. The molecule has 8 heteroatoms. The first-order valence-corrected chi connectivity index (χ1v) is 8.53. The van der Waals surface area contributed by atoms with Crippen LogP contribution >= 0.6 is 11.6 Å². The van der Waals surface area contributed by atoms with Crippen LogP contribution in [0.5, 0.6) is 0 Å². The van der Waals surface area contributed by atoms with Gasteiger partial charge in [-0.25, -0.2) is 23.1 Å². The minimum atomic E-state index is -3.56. The molecule has 1 aromatic rings. The van der Waals surface area contributed by atoms with Gasteiger partial charge in [0.25, 0.3) is 0 Å². The van der Waals surface area contributed by atoms with Crippen molar-refractivity contribution in [3.05, 3.63) is 17.7 Å². The Morgan fingerprint density at radius 1 is 1.35 bits per heavy atom. The van der Waals surface area contributed by atoms with E-state index in [1.807, 2.05) is 6.92 Å². The van der Waals surface area contributed by atoms with E-state index in [4.69, 9.17) is 11.6 Å². The van der Waals surface area contributed by atoms with Crippen molar-refractivity contribution in [2.45, 2.75) is 24.7 Å². The van der Waals surface area contributed by atoms with E-state index in [1.54, 1.807) is 0 Å². The van der Waals surface area contributed by atoms with E-state index in [2.05, 4.69) is 19.6 Å². The van der Waals surface area contributed by atoms with Crippen LogP contribution in [-0.4, -0.2) is 49.5 Å². The van der Waals surface area contributed by atoms with Crippen LogP contribution in [0.25, 0.3) is 0 Å². The standard InChI is InChI=1S/C12H19ClN4O2S/c1-10(9-17-4-2-3-5-17)6-16-20(18,19)11-7-14-12(13)15-8-11/h7-8,10,16H,2-6,9H2,1H3. The highest BCUT2D eigenvalue weighted by molar-refractivity contribution is 7.89. The predicted molar refractivity (Wildman–Crippen MR) is 77.1 cm³/mol. The van der Waals surface area contributed by atoms with Crippen molar-refractivity contribution in [1.29, 1.82) is 0 Å². The van der Waals surface area contributed by atoms with Gasteiger partial charge in [0.15, 0.2) is 0 Å². The Labute approximate surface area is 124 Å². The maximum atomic E-state index is 12.0. The van der Waals surface area contributed by atoms with Crippen molar-refractivity contribution in [1.82, 2.24) is 19.6 Å². The molecule has 1 atom stereocenters. The van der Waals surface area contributed by atoms with Gasteiger partial charge in [-0.3, -0.25) is 0 Å². The monoisotopic (exact) mass is 318 g/mol. The molecule has 0 spiro atoms. The third kappa shape index (κ3) is 4.37. The first kappa shape index (κ1) is 15.6. The molecule has 112 valence electrons. The fourth-order valence-corrected chi connectivity index (χ4v) is 3.40. The molecule has 6 nitrogen and oxygen atoms in total. The molecular formula is C12H19ClN4O2S. The second kappa shape index (κ2) is 6.80. The third-order valence-corrected chi connectivity index (χ3v) is 4.87. The first-order chi connectivity index (χ1) is 9.47. The van der Waals surface area contributed by atoms with Gasteiger partial charge < -0.3 is 4.90 Å². The maximum absolute atomic E-state index is 12.0. The molecule has 1 N–H and O–H groups in total. The number of hydrogen-bond acceptors (Lipinski definition) is 5. The quantitative estimate of drug-likeness (QED) is 0.796. The molecule has 2 rings (SSSR count). The molecule has 1 fully saturated rings. The Morgan fingerprint density at radius 2 is 1.95 bits per heavy atom. The number of likely N-dealkylation sites (tertiary alicyclic amines) is 1. The Bertz CT molecular complexity index is 529. The van der Waals surface area contributed by atoms with E-state index in [0.29, 0.717) is 6.54 Å². The van der Waals surface area contributed by atoms with Crippen LogP contribution in [-0.2, 0) is 10.0 Å². The summed E-state index contributed by atoms with van der Waals surface area (Å²) in [5.74, 6) is 0.260. The molecule has 0 radical (unpaired) electrons. The summed E-state index contributed by atoms with van der Waals surface area (Å²) in [6.07, 6.45) is 4.90. The van der Waals surface area contributed by atoms with Crippen LogP contribution in [0.1, 0.15) is 19.8 Å². The highest BCUT2D eigenvalue weighted by Gasteiger charge is 2.18. The molecule has 1 unspecified atom stereocenters. The summed E-state index contributed by atoms with van der Waals surface area (Å²) >= 11 is 5.54. The number of sulfonamides is 1. The zero-order valence-electron chi connectivity index (χ0n) is 11.4. The molecule has 20 heavy (non-hydrogen) atoms. The normalized spacial score (nSPS) is 18.3. The topological polar surface area (TPSA) is 75.2 Å². The highest BCUT2D eigenvalue weighted by Crippen LogP contribution is 2.11. The summed E-state index contributed by atoms with van der Waals surface area (Å²) in [5.41, 5.74) is 0. The van der Waals surface area contributed by atoms with Crippen molar-refractivity contribution >= 4 is 21.6 Å². The van der Waals surface area contributed by atoms with E-state index in [1.165, 1.54) is 25.2 Å². The van der Waals surface area contributed by atoms with Gasteiger partial charge in [0.1, 0.15) is 4.90 Å². The van der Waals surface area contributed by atoms with Gasteiger partial charge in [0.05, 0.1) is 12.4 Å². The number of aromatic nitrogens is 2. The van der Waals surface area contributed by atoms with Gasteiger partial charge in [0.2, 0.25) is 15.3 Å². The average molecular weight is 319 g/mol. The zero-order valence-corrected chi connectivity index (χ0v) is 13.0. The van der Waals surface area contributed by atoms with Crippen LogP contribution in [0.4, 0.5) is 0 Å². The van der Waals surface area contributed by atoms with Gasteiger partial charge in [0, 0.05) is 13.1 Å². The van der Waals surface area contributed by atoms with E-state index < -0.39 is 10.0 Å². The van der Waals surface area contributed by atoms with Crippen molar-refractivity contribution in [2.75, 3.05) is 26.2 Å². The lowest BCUT2D eigenvalue weighted by molar-refractivity contribution is 0.288. The van der Waals surface area contributed by atoms with Gasteiger partial charge in [-0.2, -0.15) is 0 Å². The van der Waals surface area contributed by atoms with Gasteiger partial charge in [-0.1, -0.05) is 6.92 Å².